The Labute approximate surface area is 167 Å². The van der Waals surface area contributed by atoms with Gasteiger partial charge in [0.1, 0.15) is 5.69 Å². The van der Waals surface area contributed by atoms with Gasteiger partial charge in [0, 0.05) is 17.8 Å². The number of aliphatic hydroxyl groups excluding tert-OH is 1. The number of rotatable bonds is 5. The van der Waals surface area contributed by atoms with Gasteiger partial charge in [0.15, 0.2) is 0 Å². The third kappa shape index (κ3) is 5.12. The highest BCUT2D eigenvalue weighted by Gasteiger charge is 2.32. The summed E-state index contributed by atoms with van der Waals surface area (Å²) < 4.78 is 38.1. The lowest BCUT2D eigenvalue weighted by atomic mass is 10.1. The Morgan fingerprint density at radius 1 is 1.18 bits per heavy atom. The first-order valence-electron chi connectivity index (χ1n) is 7.78. The van der Waals surface area contributed by atoms with Gasteiger partial charge in [-0.1, -0.05) is 23.2 Å². The lowest BCUT2D eigenvalue weighted by molar-refractivity contribution is -0.137. The van der Waals surface area contributed by atoms with Crippen LogP contribution in [0.4, 0.5) is 18.9 Å². The van der Waals surface area contributed by atoms with Crippen molar-refractivity contribution >= 4 is 40.7 Å². The van der Waals surface area contributed by atoms with Crippen LogP contribution in [0.5, 0.6) is 0 Å². The van der Waals surface area contributed by atoms with Crippen molar-refractivity contribution in [3.8, 4) is 0 Å². The maximum Gasteiger partial charge on any atom is 0.417 e. The van der Waals surface area contributed by atoms with Gasteiger partial charge in [-0.15, -0.1) is 0 Å². The number of benzene rings is 1. The lowest BCUT2D eigenvalue weighted by Gasteiger charge is -2.15. The maximum absolute atomic E-state index is 12.7. The molecular formula is C17H14Cl2F3N3O3. The number of nitrogens with one attached hydrogen (secondary N) is 2. The Balaban J connectivity index is 2.37. The number of carbonyl (C=O) groups is 2. The molecule has 2 rings (SSSR count). The predicted octanol–water partition coefficient (Wildman–Crippen LogP) is 3.69. The molecule has 0 unspecified atom stereocenters. The number of aromatic nitrogens is 1. The van der Waals surface area contributed by atoms with Crippen LogP contribution in [0.25, 0.3) is 0 Å². The number of hydrogen-bond donors (Lipinski definition) is 3. The van der Waals surface area contributed by atoms with Crippen molar-refractivity contribution in [2.75, 3.05) is 18.5 Å². The zero-order chi connectivity index (χ0) is 21.1. The number of pyridine rings is 1. The average molecular weight is 436 g/mol. The van der Waals surface area contributed by atoms with Gasteiger partial charge in [-0.05, 0) is 30.7 Å². The largest absolute Gasteiger partial charge is 0.417 e. The van der Waals surface area contributed by atoms with E-state index in [9.17, 15) is 22.8 Å². The van der Waals surface area contributed by atoms with Gasteiger partial charge in [0.05, 0.1) is 28.4 Å². The fraction of sp³-hybridized carbons (Fsp3) is 0.235. The van der Waals surface area contributed by atoms with Crippen LogP contribution in [0.2, 0.25) is 10.0 Å². The molecule has 0 radical (unpaired) electrons. The third-order valence-corrected chi connectivity index (χ3v) is 4.07. The summed E-state index contributed by atoms with van der Waals surface area (Å²) in [6, 6.07) is 3.38. The van der Waals surface area contributed by atoms with Crippen molar-refractivity contribution in [2.45, 2.75) is 13.1 Å². The van der Waals surface area contributed by atoms with Gasteiger partial charge < -0.3 is 15.7 Å². The Morgan fingerprint density at radius 3 is 2.43 bits per heavy atom. The molecule has 0 aliphatic carbocycles. The van der Waals surface area contributed by atoms with Crippen LogP contribution >= 0.6 is 23.2 Å². The first-order chi connectivity index (χ1) is 13.0. The molecule has 1 aromatic carbocycles. The summed E-state index contributed by atoms with van der Waals surface area (Å²) in [7, 11) is 0. The van der Waals surface area contributed by atoms with Gasteiger partial charge in [-0.3, -0.25) is 9.59 Å². The summed E-state index contributed by atoms with van der Waals surface area (Å²) in [5.74, 6) is -1.51. The molecule has 0 aliphatic rings. The first kappa shape index (κ1) is 21.9. The van der Waals surface area contributed by atoms with Crippen molar-refractivity contribution in [1.29, 1.82) is 0 Å². The van der Waals surface area contributed by atoms with Gasteiger partial charge >= 0.3 is 6.18 Å². The van der Waals surface area contributed by atoms with E-state index in [4.69, 9.17) is 28.3 Å². The molecule has 0 atom stereocenters. The second-order valence-corrected chi connectivity index (χ2v) is 6.47. The smallest absolute Gasteiger partial charge is 0.395 e. The average Bonchev–Trinajstić information content (AvgIpc) is 2.60. The van der Waals surface area contributed by atoms with Crippen LogP contribution < -0.4 is 10.6 Å². The van der Waals surface area contributed by atoms with E-state index in [-0.39, 0.29) is 29.4 Å². The van der Waals surface area contributed by atoms with Crippen LogP contribution in [-0.4, -0.2) is 35.1 Å². The van der Waals surface area contributed by atoms with Crippen molar-refractivity contribution in [2.24, 2.45) is 0 Å². The highest BCUT2D eigenvalue weighted by molar-refractivity contribution is 6.34. The topological polar surface area (TPSA) is 91.3 Å². The van der Waals surface area contributed by atoms with E-state index in [2.05, 4.69) is 15.6 Å². The summed E-state index contributed by atoms with van der Waals surface area (Å²) in [5, 5.41) is 13.4. The quantitative estimate of drug-likeness (QED) is 0.667. The molecule has 0 bridgehead atoms. The van der Waals surface area contributed by atoms with Crippen molar-refractivity contribution < 1.29 is 27.9 Å². The molecule has 0 fully saturated rings. The van der Waals surface area contributed by atoms with Gasteiger partial charge in [0.25, 0.3) is 11.8 Å². The second-order valence-electron chi connectivity index (χ2n) is 5.63. The molecule has 0 saturated heterocycles. The first-order valence-corrected chi connectivity index (χ1v) is 8.53. The number of alkyl halides is 3. The summed E-state index contributed by atoms with van der Waals surface area (Å²) >= 11 is 11.7. The Morgan fingerprint density at radius 2 is 1.86 bits per heavy atom. The van der Waals surface area contributed by atoms with E-state index >= 15 is 0 Å². The van der Waals surface area contributed by atoms with Crippen LogP contribution in [0.1, 0.15) is 32.0 Å². The van der Waals surface area contributed by atoms with E-state index in [0.29, 0.717) is 17.8 Å². The molecule has 2 aromatic rings. The molecule has 6 nitrogen and oxygen atoms in total. The van der Waals surface area contributed by atoms with E-state index in [1.807, 2.05) is 0 Å². The standard InChI is InChI=1S/C17H14Cl2F3N3O3/c1-8-4-10(18)6-11(15(27)23-2-3-26)13(8)25-16(28)14-12(19)5-9(7-24-14)17(20,21)22/h4-7,26H,2-3H2,1H3,(H,23,27)(H,25,28). The SMILES string of the molecule is Cc1cc(Cl)cc(C(=O)NCCO)c1NC(=O)c1ncc(C(F)(F)F)cc1Cl. The number of aliphatic hydroxyl groups is 1. The van der Waals surface area contributed by atoms with Crippen LogP contribution in [0.3, 0.4) is 0 Å². The minimum atomic E-state index is -4.66. The minimum Gasteiger partial charge on any atom is -0.395 e. The van der Waals surface area contributed by atoms with Gasteiger partial charge in [0.2, 0.25) is 0 Å². The summed E-state index contributed by atoms with van der Waals surface area (Å²) in [4.78, 5) is 28.2. The summed E-state index contributed by atoms with van der Waals surface area (Å²) in [5.41, 5.74) is -1.01. The van der Waals surface area contributed by atoms with Crippen molar-refractivity contribution in [1.82, 2.24) is 10.3 Å². The van der Waals surface area contributed by atoms with E-state index < -0.39 is 34.3 Å². The number of amides is 2. The third-order valence-electron chi connectivity index (χ3n) is 3.56. The normalized spacial score (nSPS) is 11.2. The molecule has 1 heterocycles. The Hall–Kier alpha value is -2.36. The van der Waals surface area contributed by atoms with Gasteiger partial charge in [-0.2, -0.15) is 13.2 Å². The Kier molecular flexibility index (Phi) is 6.87. The highest BCUT2D eigenvalue weighted by atomic mass is 35.5. The molecule has 0 aliphatic heterocycles. The summed E-state index contributed by atoms with van der Waals surface area (Å²) in [6.45, 7) is 1.26. The van der Waals surface area contributed by atoms with Crippen LogP contribution in [-0.2, 0) is 6.18 Å². The molecule has 0 spiro atoms. The molecule has 1 aromatic heterocycles. The zero-order valence-electron chi connectivity index (χ0n) is 14.3. The molecule has 11 heteroatoms. The number of anilines is 1. The second kappa shape index (κ2) is 8.76. The molecular weight excluding hydrogens is 422 g/mol. The fourth-order valence-electron chi connectivity index (χ4n) is 2.29. The monoisotopic (exact) mass is 435 g/mol. The molecule has 2 amide bonds. The zero-order valence-corrected chi connectivity index (χ0v) is 15.8. The van der Waals surface area contributed by atoms with Gasteiger partial charge in [-0.25, -0.2) is 4.98 Å². The summed E-state index contributed by atoms with van der Waals surface area (Å²) in [6.07, 6.45) is -4.17. The van der Waals surface area contributed by atoms with E-state index in [0.717, 1.165) is 0 Å². The van der Waals surface area contributed by atoms with Crippen LogP contribution in [0, 0.1) is 6.92 Å². The van der Waals surface area contributed by atoms with Crippen molar-refractivity contribution in [3.63, 3.8) is 0 Å². The van der Waals surface area contributed by atoms with Crippen molar-refractivity contribution in [3.05, 3.63) is 56.8 Å². The Bertz CT molecular complexity index is 920. The lowest BCUT2D eigenvalue weighted by Crippen LogP contribution is -2.28. The predicted molar refractivity (Wildman–Crippen MR) is 97.8 cm³/mol. The van der Waals surface area contributed by atoms with E-state index in [1.165, 1.54) is 12.1 Å². The number of aryl methyl sites for hydroxylation is 1. The number of nitrogens with zero attached hydrogens (tertiary/aromatic N) is 1. The highest BCUT2D eigenvalue weighted by Crippen LogP contribution is 2.32. The molecule has 28 heavy (non-hydrogen) atoms. The molecule has 150 valence electrons. The maximum atomic E-state index is 12.7. The molecule has 3 N–H and O–H groups in total. The minimum absolute atomic E-state index is 0.00911. The molecule has 0 saturated carbocycles. The number of carbonyl (C=O) groups excluding carboxylic acids is 2. The fourth-order valence-corrected chi connectivity index (χ4v) is 2.81. The number of hydrogen-bond acceptors (Lipinski definition) is 4. The van der Waals surface area contributed by atoms with E-state index in [1.54, 1.807) is 6.92 Å². The van der Waals surface area contributed by atoms with Crippen LogP contribution in [0.15, 0.2) is 24.4 Å². The number of halogens is 5.